The maximum atomic E-state index is 11.7. The Bertz CT molecular complexity index is 491. The van der Waals surface area contributed by atoms with Gasteiger partial charge in [0.1, 0.15) is 17.8 Å². The van der Waals surface area contributed by atoms with Crippen molar-refractivity contribution in [3.8, 4) is 0 Å². The van der Waals surface area contributed by atoms with Crippen molar-refractivity contribution < 1.29 is 4.79 Å². The van der Waals surface area contributed by atoms with Crippen LogP contribution in [0.2, 0.25) is 0 Å². The van der Waals surface area contributed by atoms with Crippen molar-refractivity contribution in [1.82, 2.24) is 30.0 Å². The Morgan fingerprint density at radius 3 is 3.00 bits per heavy atom. The summed E-state index contributed by atoms with van der Waals surface area (Å²) >= 11 is 3.22. The molecule has 7 nitrogen and oxygen atoms in total. The molecule has 0 saturated carbocycles. The summed E-state index contributed by atoms with van der Waals surface area (Å²) in [6, 6.07) is 0. The number of rotatable bonds is 3. The van der Waals surface area contributed by atoms with Gasteiger partial charge in [0.2, 0.25) is 0 Å². The molecule has 2 rings (SSSR count). The van der Waals surface area contributed by atoms with Gasteiger partial charge in [-0.2, -0.15) is 5.10 Å². The van der Waals surface area contributed by atoms with Crippen LogP contribution in [0.25, 0.3) is 0 Å². The predicted molar refractivity (Wildman–Crippen MR) is 58.5 cm³/mol. The van der Waals surface area contributed by atoms with Crippen LogP contribution in [0, 0.1) is 0 Å². The highest BCUT2D eigenvalue weighted by atomic mass is 79.9. The van der Waals surface area contributed by atoms with Gasteiger partial charge in [0.25, 0.3) is 5.91 Å². The lowest BCUT2D eigenvalue weighted by molar-refractivity contribution is 0.0941. The second-order valence-corrected chi connectivity index (χ2v) is 3.80. The maximum Gasteiger partial charge on any atom is 0.269 e. The number of amides is 1. The Balaban J connectivity index is 2.01. The Morgan fingerprint density at radius 1 is 1.62 bits per heavy atom. The molecule has 0 aliphatic heterocycles. The van der Waals surface area contributed by atoms with Crippen molar-refractivity contribution in [3.05, 3.63) is 28.8 Å². The molecule has 0 saturated heterocycles. The minimum atomic E-state index is -0.211. The van der Waals surface area contributed by atoms with E-state index in [1.807, 2.05) is 0 Å². The van der Waals surface area contributed by atoms with E-state index >= 15 is 0 Å². The second-order valence-electron chi connectivity index (χ2n) is 3.09. The molecule has 0 aliphatic rings. The first-order chi connectivity index (χ1) is 7.68. The number of nitrogens with zero attached hydrogens (tertiary/aromatic N) is 4. The molecule has 84 valence electrons. The normalized spacial score (nSPS) is 10.4. The molecule has 0 bridgehead atoms. The molecule has 2 heterocycles. The molecule has 0 aromatic carbocycles. The van der Waals surface area contributed by atoms with Crippen molar-refractivity contribution in [1.29, 1.82) is 0 Å². The van der Waals surface area contributed by atoms with Crippen molar-refractivity contribution in [2.24, 2.45) is 7.05 Å². The van der Waals surface area contributed by atoms with E-state index in [9.17, 15) is 4.79 Å². The van der Waals surface area contributed by atoms with E-state index in [4.69, 9.17) is 0 Å². The highest BCUT2D eigenvalue weighted by Crippen LogP contribution is 2.08. The van der Waals surface area contributed by atoms with E-state index in [1.165, 1.54) is 12.5 Å². The SMILES string of the molecule is Cn1c(C(=O)NCc2ncn[nH]2)cnc1Br. The number of H-pyrrole nitrogens is 1. The molecule has 1 amide bonds. The summed E-state index contributed by atoms with van der Waals surface area (Å²) in [6.07, 6.45) is 2.89. The van der Waals surface area contributed by atoms with Crippen molar-refractivity contribution >= 4 is 21.8 Å². The Kier molecular flexibility index (Phi) is 3.00. The molecule has 0 fully saturated rings. The molecule has 0 unspecified atom stereocenters. The largest absolute Gasteiger partial charge is 0.343 e. The molecule has 0 atom stereocenters. The third kappa shape index (κ3) is 2.11. The van der Waals surface area contributed by atoms with Gasteiger partial charge >= 0.3 is 0 Å². The average Bonchev–Trinajstić information content (AvgIpc) is 2.88. The topological polar surface area (TPSA) is 88.5 Å². The Morgan fingerprint density at radius 2 is 2.44 bits per heavy atom. The van der Waals surface area contributed by atoms with Gasteiger partial charge in [-0.3, -0.25) is 9.89 Å². The summed E-state index contributed by atoms with van der Waals surface area (Å²) in [5.74, 6) is 0.395. The summed E-state index contributed by atoms with van der Waals surface area (Å²) < 4.78 is 2.26. The Hall–Kier alpha value is -1.70. The summed E-state index contributed by atoms with van der Waals surface area (Å²) in [5, 5.41) is 9.04. The Labute approximate surface area is 99.4 Å². The van der Waals surface area contributed by atoms with Gasteiger partial charge in [0.05, 0.1) is 12.7 Å². The number of nitrogens with one attached hydrogen (secondary N) is 2. The number of carbonyl (C=O) groups is 1. The molecule has 0 aliphatic carbocycles. The van der Waals surface area contributed by atoms with Crippen LogP contribution >= 0.6 is 15.9 Å². The highest BCUT2D eigenvalue weighted by Gasteiger charge is 2.12. The van der Waals surface area contributed by atoms with E-state index in [0.717, 1.165) is 0 Å². The van der Waals surface area contributed by atoms with Gasteiger partial charge in [0.15, 0.2) is 4.73 Å². The number of carbonyl (C=O) groups excluding carboxylic acids is 1. The molecular weight excluding hydrogens is 276 g/mol. The fourth-order valence-electron chi connectivity index (χ4n) is 1.17. The lowest BCUT2D eigenvalue weighted by Gasteiger charge is -2.03. The van der Waals surface area contributed by atoms with E-state index < -0.39 is 0 Å². The van der Waals surface area contributed by atoms with Crippen LogP contribution in [0.3, 0.4) is 0 Å². The van der Waals surface area contributed by atoms with E-state index in [0.29, 0.717) is 22.8 Å². The molecule has 0 radical (unpaired) electrons. The first kappa shape index (κ1) is 10.8. The number of aromatic amines is 1. The maximum absolute atomic E-state index is 11.7. The van der Waals surface area contributed by atoms with Gasteiger partial charge in [0, 0.05) is 7.05 Å². The number of hydrogen-bond donors (Lipinski definition) is 2. The number of imidazole rings is 1. The zero-order chi connectivity index (χ0) is 11.5. The quantitative estimate of drug-likeness (QED) is 0.845. The van der Waals surface area contributed by atoms with E-state index in [-0.39, 0.29) is 5.91 Å². The van der Waals surface area contributed by atoms with Gasteiger partial charge < -0.3 is 9.88 Å². The van der Waals surface area contributed by atoms with Crippen LogP contribution in [0.15, 0.2) is 17.3 Å². The first-order valence-corrected chi connectivity index (χ1v) is 5.27. The van der Waals surface area contributed by atoms with Gasteiger partial charge in [-0.1, -0.05) is 0 Å². The summed E-state index contributed by atoms with van der Waals surface area (Å²) in [7, 11) is 1.75. The van der Waals surface area contributed by atoms with Crippen LogP contribution in [-0.2, 0) is 13.6 Å². The standard InChI is InChI=1S/C8H9BrN6O/c1-15-5(2-11-8(15)9)7(16)10-3-6-12-4-13-14-6/h2,4H,3H2,1H3,(H,10,16)(H,12,13,14). The first-order valence-electron chi connectivity index (χ1n) is 4.48. The van der Waals surface area contributed by atoms with Gasteiger partial charge in [-0.05, 0) is 15.9 Å². The molecule has 2 N–H and O–H groups in total. The lowest BCUT2D eigenvalue weighted by Crippen LogP contribution is -2.25. The number of halogens is 1. The van der Waals surface area contributed by atoms with Gasteiger partial charge in [-0.25, -0.2) is 9.97 Å². The molecule has 2 aromatic rings. The third-order valence-corrected chi connectivity index (χ3v) is 2.78. The summed E-state index contributed by atoms with van der Waals surface area (Å²) in [6.45, 7) is 0.307. The van der Waals surface area contributed by atoms with Crippen LogP contribution in [0.4, 0.5) is 0 Å². The smallest absolute Gasteiger partial charge is 0.269 e. The molecule has 16 heavy (non-hydrogen) atoms. The van der Waals surface area contributed by atoms with E-state index in [1.54, 1.807) is 11.6 Å². The lowest BCUT2D eigenvalue weighted by atomic mass is 10.4. The fourth-order valence-corrected chi connectivity index (χ4v) is 1.46. The van der Waals surface area contributed by atoms with Crippen LogP contribution in [-0.4, -0.2) is 30.6 Å². The van der Waals surface area contributed by atoms with Crippen molar-refractivity contribution in [3.63, 3.8) is 0 Å². The fraction of sp³-hybridized carbons (Fsp3) is 0.250. The minimum absolute atomic E-state index is 0.211. The van der Waals surface area contributed by atoms with Gasteiger partial charge in [-0.15, -0.1) is 0 Å². The molecular formula is C8H9BrN6O. The minimum Gasteiger partial charge on any atom is -0.343 e. The van der Waals surface area contributed by atoms with Crippen molar-refractivity contribution in [2.75, 3.05) is 0 Å². The van der Waals surface area contributed by atoms with Crippen LogP contribution in [0.1, 0.15) is 16.3 Å². The highest BCUT2D eigenvalue weighted by molar-refractivity contribution is 9.10. The third-order valence-electron chi connectivity index (χ3n) is 2.05. The van der Waals surface area contributed by atoms with Crippen LogP contribution in [0.5, 0.6) is 0 Å². The zero-order valence-corrected chi connectivity index (χ0v) is 10.0. The molecule has 8 heteroatoms. The number of hydrogen-bond acceptors (Lipinski definition) is 4. The van der Waals surface area contributed by atoms with E-state index in [2.05, 4.69) is 41.4 Å². The monoisotopic (exact) mass is 284 g/mol. The van der Waals surface area contributed by atoms with Crippen LogP contribution < -0.4 is 5.32 Å². The predicted octanol–water partition coefficient (Wildman–Crippen LogP) is 0.231. The average molecular weight is 285 g/mol. The molecule has 0 spiro atoms. The van der Waals surface area contributed by atoms with Crippen molar-refractivity contribution in [2.45, 2.75) is 6.54 Å². The second kappa shape index (κ2) is 4.44. The molecule has 2 aromatic heterocycles. The summed E-state index contributed by atoms with van der Waals surface area (Å²) in [5.41, 5.74) is 0.478. The summed E-state index contributed by atoms with van der Waals surface area (Å²) in [4.78, 5) is 19.6. The zero-order valence-electron chi connectivity index (χ0n) is 8.44. The number of aromatic nitrogens is 5.